The molecule has 248 valence electrons. The average Bonchev–Trinajstić information content (AvgIpc) is 3.72. The van der Waals surface area contributed by atoms with Crippen molar-refractivity contribution in [3.05, 3.63) is 33.4 Å². The highest BCUT2D eigenvalue weighted by atomic mass is 31.2. The second-order valence-electron chi connectivity index (χ2n) is 10.3. The molecule has 24 nitrogen and oxygen atoms in total. The van der Waals surface area contributed by atoms with Gasteiger partial charge in [-0.1, -0.05) is 0 Å². The van der Waals surface area contributed by atoms with Gasteiger partial charge in [-0.25, -0.2) is 19.1 Å². The Labute approximate surface area is 253 Å². The minimum absolute atomic E-state index is 0.121. The Bertz CT molecular complexity index is 1900. The van der Waals surface area contributed by atoms with E-state index in [4.69, 9.17) is 39.0 Å². The molecule has 0 aromatic carbocycles. The quantitative estimate of drug-likeness (QED) is 0.0968. The van der Waals surface area contributed by atoms with Gasteiger partial charge in [0.2, 0.25) is 11.9 Å². The molecule has 0 radical (unpaired) electrons. The third-order valence-electron chi connectivity index (χ3n) is 7.38. The number of aliphatic hydroxyl groups is 2. The maximum atomic E-state index is 13.1. The molecule has 46 heavy (non-hydrogen) atoms. The van der Waals surface area contributed by atoms with Crippen molar-refractivity contribution in [1.82, 2.24) is 39.0 Å². The maximum Gasteiger partial charge on any atom is 0.472 e. The van der Waals surface area contributed by atoms with Crippen molar-refractivity contribution in [2.24, 2.45) is 0 Å². The van der Waals surface area contributed by atoms with Crippen LogP contribution in [0.25, 0.3) is 22.3 Å². The van der Waals surface area contributed by atoms with Crippen LogP contribution in [0, 0.1) is 0 Å². The van der Waals surface area contributed by atoms with Crippen molar-refractivity contribution in [3.8, 4) is 0 Å². The van der Waals surface area contributed by atoms with Gasteiger partial charge in [-0.05, 0) is 0 Å². The number of nitrogens with one attached hydrogen (secondary N) is 2. The monoisotopic (exact) mass is 690 g/mol. The number of aromatic nitrogens is 8. The summed E-state index contributed by atoms with van der Waals surface area (Å²) in [5.41, 5.74) is 9.28. The summed E-state index contributed by atoms with van der Waals surface area (Å²) >= 11 is 0. The first-order valence-corrected chi connectivity index (χ1v) is 16.1. The van der Waals surface area contributed by atoms with Crippen LogP contribution in [0.1, 0.15) is 12.5 Å². The molecular formula is C20H24N10O14P2. The molecule has 3 fully saturated rings. The van der Waals surface area contributed by atoms with Crippen molar-refractivity contribution in [2.75, 3.05) is 24.7 Å². The van der Waals surface area contributed by atoms with E-state index >= 15 is 0 Å². The van der Waals surface area contributed by atoms with Gasteiger partial charge >= 0.3 is 15.6 Å². The molecule has 3 aliphatic rings. The number of H-pyrrole nitrogens is 2. The Morgan fingerprint density at radius 2 is 1.15 bits per heavy atom. The minimum atomic E-state index is -5.10. The van der Waals surface area contributed by atoms with E-state index in [1.807, 2.05) is 0 Å². The zero-order chi connectivity index (χ0) is 32.7. The van der Waals surface area contributed by atoms with Crippen molar-refractivity contribution in [1.29, 1.82) is 0 Å². The number of ether oxygens (including phenoxy) is 2. The minimum Gasteiger partial charge on any atom is -0.386 e. The molecule has 0 spiro atoms. The number of hydrogen-bond acceptors (Lipinski definition) is 18. The molecule has 3 saturated heterocycles. The normalized spacial score (nSPS) is 37.1. The first kappa shape index (κ1) is 31.0. The summed E-state index contributed by atoms with van der Waals surface area (Å²) in [4.78, 5) is 65.9. The third-order valence-corrected chi connectivity index (χ3v) is 9.35. The fraction of sp³-hybridized carbons (Fsp3) is 0.500. The van der Waals surface area contributed by atoms with Gasteiger partial charge in [0, 0.05) is 0 Å². The molecule has 10 N–H and O–H groups in total. The van der Waals surface area contributed by atoms with Crippen LogP contribution in [0.3, 0.4) is 0 Å². The van der Waals surface area contributed by atoms with Crippen LogP contribution in [0.4, 0.5) is 11.9 Å². The summed E-state index contributed by atoms with van der Waals surface area (Å²) in [6.07, 6.45) is -10.9. The number of aromatic amines is 2. The number of hydrogen-bond donors (Lipinski definition) is 8. The molecule has 4 aromatic rings. The summed E-state index contributed by atoms with van der Waals surface area (Å²) < 4.78 is 60.5. The smallest absolute Gasteiger partial charge is 0.386 e. The average molecular weight is 690 g/mol. The highest BCUT2D eigenvalue weighted by Crippen LogP contribution is 2.53. The van der Waals surface area contributed by atoms with E-state index in [9.17, 15) is 38.7 Å². The molecule has 10 atom stereocenters. The lowest BCUT2D eigenvalue weighted by molar-refractivity contribution is -0.0664. The molecule has 3 aliphatic heterocycles. The van der Waals surface area contributed by atoms with Gasteiger partial charge in [0.05, 0.1) is 25.9 Å². The molecule has 0 saturated carbocycles. The van der Waals surface area contributed by atoms with Crippen LogP contribution in [0.15, 0.2) is 22.2 Å². The first-order chi connectivity index (χ1) is 21.7. The lowest BCUT2D eigenvalue weighted by Gasteiger charge is -2.27. The highest BCUT2D eigenvalue weighted by Gasteiger charge is 2.54. The topological polar surface area (TPSA) is 350 Å². The maximum absolute atomic E-state index is 13.1. The van der Waals surface area contributed by atoms with Gasteiger partial charge in [0.1, 0.15) is 36.6 Å². The predicted octanol–water partition coefficient (Wildman–Crippen LogP) is -3.05. The SMILES string of the molecule is Nc1nc2c(ncn2C2O[C@@H]3COP(=O)(O)O[C@H]4[C@@H](O)[C@H](n5cnc6c(=O)[nH]c(N)nc65)O[C@@H]4COP(=O)(O)O[C@H]3[C@H]2O)c(=O)[nH]1. The molecular weight excluding hydrogens is 666 g/mol. The highest BCUT2D eigenvalue weighted by molar-refractivity contribution is 7.47. The van der Waals surface area contributed by atoms with Crippen molar-refractivity contribution >= 4 is 49.9 Å². The number of phosphoric acid groups is 2. The molecule has 0 amide bonds. The van der Waals surface area contributed by atoms with Crippen LogP contribution < -0.4 is 22.6 Å². The van der Waals surface area contributed by atoms with E-state index < -0.39 is 89.1 Å². The Kier molecular flexibility index (Phi) is 7.39. The van der Waals surface area contributed by atoms with E-state index in [0.717, 1.165) is 21.8 Å². The number of nitrogens with zero attached hydrogens (tertiary/aromatic N) is 6. The lowest BCUT2D eigenvalue weighted by Crippen LogP contribution is -2.39. The molecule has 7 rings (SSSR count). The fourth-order valence-electron chi connectivity index (χ4n) is 5.39. The van der Waals surface area contributed by atoms with E-state index in [1.54, 1.807) is 0 Å². The van der Waals surface area contributed by atoms with Gasteiger partial charge in [-0.15, -0.1) is 0 Å². The summed E-state index contributed by atoms with van der Waals surface area (Å²) in [5, 5.41) is 22.2. The zero-order valence-electron chi connectivity index (χ0n) is 22.8. The van der Waals surface area contributed by atoms with Crippen LogP contribution in [-0.2, 0) is 36.7 Å². The van der Waals surface area contributed by atoms with Crippen LogP contribution >= 0.6 is 15.6 Å². The number of rotatable bonds is 2. The Balaban J connectivity index is 1.18. The van der Waals surface area contributed by atoms with E-state index in [0.29, 0.717) is 0 Å². The Morgan fingerprint density at radius 3 is 1.54 bits per heavy atom. The van der Waals surface area contributed by atoms with E-state index in [-0.39, 0.29) is 34.2 Å². The second kappa shape index (κ2) is 11.0. The van der Waals surface area contributed by atoms with Crippen LogP contribution in [0.5, 0.6) is 0 Å². The molecule has 0 bridgehead atoms. The van der Waals surface area contributed by atoms with Crippen molar-refractivity contribution in [3.63, 3.8) is 0 Å². The zero-order valence-corrected chi connectivity index (χ0v) is 24.6. The fourth-order valence-corrected chi connectivity index (χ4v) is 7.32. The number of anilines is 2. The number of imidazole rings is 2. The third kappa shape index (κ3) is 5.33. The van der Waals surface area contributed by atoms with Gasteiger partial charge in [0.15, 0.2) is 34.8 Å². The first-order valence-electron chi connectivity index (χ1n) is 13.1. The van der Waals surface area contributed by atoms with Crippen molar-refractivity contribution < 1.29 is 56.7 Å². The molecule has 7 heterocycles. The molecule has 26 heteroatoms. The number of nitrogen functional groups attached to an aromatic ring is 2. The number of aliphatic hydroxyl groups excluding tert-OH is 2. The molecule has 0 aliphatic carbocycles. The van der Waals surface area contributed by atoms with E-state index in [1.165, 1.54) is 0 Å². The standard InChI is InChI=1S/C20H24N10O14P2/c21-19-25-13-7(15(33)27-19)23-3-29(13)17-9(31)11-5(41-17)1-39-45(35,36)44-12-6(2-40-46(37,38)43-11)42-18(10(12)32)30-4-24-8-14(30)26-20(22)28-16(8)34/h3-6,9-12,17-18,31-32H,1-2H2,(H,35,36)(H,37,38)(H3,21,25,27,33)(H3,22,26,28,34)/t5-,6-,9-,10-,11-,12-,17-,18?/m1/s1. The van der Waals surface area contributed by atoms with Gasteiger partial charge < -0.3 is 40.9 Å². The van der Waals surface area contributed by atoms with Crippen molar-refractivity contribution in [2.45, 2.75) is 49.1 Å². The lowest BCUT2D eigenvalue weighted by atomic mass is 10.1. The summed E-state index contributed by atoms with van der Waals surface area (Å²) in [6.45, 7) is -1.74. The Hall–Kier alpha value is -3.64. The Morgan fingerprint density at radius 1 is 0.761 bits per heavy atom. The van der Waals surface area contributed by atoms with Crippen LogP contribution in [0.2, 0.25) is 0 Å². The van der Waals surface area contributed by atoms with Gasteiger partial charge in [-0.2, -0.15) is 9.97 Å². The summed E-state index contributed by atoms with van der Waals surface area (Å²) in [7, 11) is -10.2. The second-order valence-corrected chi connectivity index (χ2v) is 13.1. The number of fused-ring (bicyclic) bond motifs is 4. The summed E-state index contributed by atoms with van der Waals surface area (Å²) in [5.74, 6) is -0.561. The molecule has 3 unspecified atom stereocenters. The van der Waals surface area contributed by atoms with E-state index in [2.05, 4.69) is 29.9 Å². The number of phosphoric ester groups is 2. The van der Waals surface area contributed by atoms with Crippen LogP contribution in [-0.4, -0.2) is 109 Å². The summed E-state index contributed by atoms with van der Waals surface area (Å²) in [6, 6.07) is 0. The predicted molar refractivity (Wildman–Crippen MR) is 146 cm³/mol. The number of nitrogens with two attached hydrogens (primary N) is 2. The largest absolute Gasteiger partial charge is 0.472 e. The molecule has 4 aromatic heterocycles. The van der Waals surface area contributed by atoms with Gasteiger partial charge in [0.25, 0.3) is 11.1 Å². The van der Waals surface area contributed by atoms with Gasteiger partial charge in [-0.3, -0.25) is 46.8 Å².